The van der Waals surface area contributed by atoms with Crippen molar-refractivity contribution in [2.45, 2.75) is 44.0 Å². The zero-order chi connectivity index (χ0) is 21.0. The molecule has 0 saturated carbocycles. The van der Waals surface area contributed by atoms with Crippen LogP contribution in [0.25, 0.3) is 16.7 Å². The maximum atomic E-state index is 13.3. The van der Waals surface area contributed by atoms with Gasteiger partial charge in [-0.25, -0.2) is 22.9 Å². The monoisotopic (exact) mass is 429 g/mol. The van der Waals surface area contributed by atoms with Gasteiger partial charge in [-0.15, -0.1) is 5.10 Å². The smallest absolute Gasteiger partial charge is 0.246 e. The van der Waals surface area contributed by atoms with Crippen LogP contribution in [0.1, 0.15) is 37.2 Å². The van der Waals surface area contributed by atoms with Crippen LogP contribution in [0.4, 0.5) is 0 Å². The Morgan fingerprint density at radius 1 is 1.23 bits per heavy atom. The third-order valence-corrected chi connectivity index (χ3v) is 7.65. The highest BCUT2D eigenvalue weighted by molar-refractivity contribution is 7.89. The quantitative estimate of drug-likeness (QED) is 0.477. The molecule has 5 rings (SSSR count). The first-order valence-corrected chi connectivity index (χ1v) is 11.4. The van der Waals surface area contributed by atoms with Crippen LogP contribution in [0.3, 0.4) is 0 Å². The lowest BCUT2D eigenvalue weighted by molar-refractivity contribution is 0.309. The number of aryl methyl sites for hydroxylation is 3. The second-order valence-electron chi connectivity index (χ2n) is 7.62. The van der Waals surface area contributed by atoms with Gasteiger partial charge in [-0.05, 0) is 26.7 Å². The van der Waals surface area contributed by atoms with Gasteiger partial charge >= 0.3 is 0 Å². The van der Waals surface area contributed by atoms with Crippen molar-refractivity contribution in [2.24, 2.45) is 7.05 Å². The average molecular weight is 430 g/mol. The summed E-state index contributed by atoms with van der Waals surface area (Å²) in [5.41, 5.74) is 1.94. The Kier molecular flexibility index (Phi) is 4.36. The van der Waals surface area contributed by atoms with E-state index in [4.69, 9.17) is 4.98 Å². The molecule has 0 bridgehead atoms. The molecule has 30 heavy (non-hydrogen) atoms. The molecule has 5 heterocycles. The predicted octanol–water partition coefficient (Wildman–Crippen LogP) is 1.10. The van der Waals surface area contributed by atoms with Crippen molar-refractivity contribution in [1.29, 1.82) is 0 Å². The molecular formula is C18H23N9O2S. The molecule has 4 aromatic heterocycles. The number of piperidine rings is 1. The van der Waals surface area contributed by atoms with Gasteiger partial charge in [0.25, 0.3) is 0 Å². The second kappa shape index (κ2) is 6.84. The largest absolute Gasteiger partial charge is 0.271 e. The molecule has 12 heteroatoms. The predicted molar refractivity (Wildman–Crippen MR) is 108 cm³/mol. The molecule has 0 aromatic carbocycles. The number of sulfonamides is 1. The third-order valence-electron chi connectivity index (χ3n) is 5.68. The average Bonchev–Trinajstić information content (AvgIpc) is 3.44. The highest BCUT2D eigenvalue weighted by atomic mass is 32.2. The standard InChI is InChI=1S/C18H23N9O2S/c1-4-25-10-15(12(2)22-25)30(28,29)26-7-5-6-13(9-26)16-21-18-14-8-20-24(3)17(14)19-11-27(18)23-16/h8,10-11,13H,4-7,9H2,1-3H3/t13-/m1/s1. The van der Waals surface area contributed by atoms with E-state index in [9.17, 15) is 8.42 Å². The van der Waals surface area contributed by atoms with Crippen molar-refractivity contribution in [3.05, 3.63) is 30.2 Å². The summed E-state index contributed by atoms with van der Waals surface area (Å²) in [6.45, 7) is 5.12. The molecule has 0 amide bonds. The molecule has 1 aliphatic rings. The van der Waals surface area contributed by atoms with E-state index in [0.717, 1.165) is 23.9 Å². The van der Waals surface area contributed by atoms with Gasteiger partial charge in [0.1, 0.15) is 11.2 Å². The summed E-state index contributed by atoms with van der Waals surface area (Å²) in [5.74, 6) is 0.552. The lowest BCUT2D eigenvalue weighted by Gasteiger charge is -2.30. The van der Waals surface area contributed by atoms with E-state index >= 15 is 0 Å². The van der Waals surface area contributed by atoms with Crippen molar-refractivity contribution in [3.8, 4) is 0 Å². The van der Waals surface area contributed by atoms with Gasteiger partial charge in [0.05, 0.1) is 17.3 Å². The molecule has 0 unspecified atom stereocenters. The summed E-state index contributed by atoms with van der Waals surface area (Å²) in [6, 6.07) is 0. The Balaban J connectivity index is 1.48. The van der Waals surface area contributed by atoms with E-state index in [1.807, 2.05) is 14.0 Å². The molecule has 0 radical (unpaired) electrons. The Morgan fingerprint density at radius 3 is 2.83 bits per heavy atom. The molecule has 1 atom stereocenters. The first-order valence-electron chi connectivity index (χ1n) is 9.95. The molecule has 1 aliphatic heterocycles. The lowest BCUT2D eigenvalue weighted by atomic mass is 9.99. The lowest BCUT2D eigenvalue weighted by Crippen LogP contribution is -2.39. The van der Waals surface area contributed by atoms with Gasteiger partial charge in [-0.3, -0.25) is 9.36 Å². The van der Waals surface area contributed by atoms with Crippen LogP contribution in [0, 0.1) is 6.92 Å². The van der Waals surface area contributed by atoms with Gasteiger partial charge in [0.15, 0.2) is 17.1 Å². The van der Waals surface area contributed by atoms with E-state index in [1.165, 1.54) is 4.31 Å². The van der Waals surface area contributed by atoms with Crippen molar-refractivity contribution in [1.82, 2.24) is 43.4 Å². The van der Waals surface area contributed by atoms with Crippen LogP contribution >= 0.6 is 0 Å². The zero-order valence-corrected chi connectivity index (χ0v) is 17.9. The first kappa shape index (κ1) is 19.1. The molecule has 158 valence electrons. The molecular weight excluding hydrogens is 406 g/mol. The second-order valence-corrected chi connectivity index (χ2v) is 9.53. The summed E-state index contributed by atoms with van der Waals surface area (Å²) in [4.78, 5) is 9.38. The Hall–Kier alpha value is -2.86. The maximum Gasteiger partial charge on any atom is 0.246 e. The van der Waals surface area contributed by atoms with Gasteiger partial charge in [0, 0.05) is 38.8 Å². The highest BCUT2D eigenvalue weighted by Gasteiger charge is 2.34. The van der Waals surface area contributed by atoms with Gasteiger partial charge in [0.2, 0.25) is 10.0 Å². The summed E-state index contributed by atoms with van der Waals surface area (Å²) >= 11 is 0. The van der Waals surface area contributed by atoms with Gasteiger partial charge in [-0.1, -0.05) is 0 Å². The van der Waals surface area contributed by atoms with Crippen molar-refractivity contribution in [2.75, 3.05) is 13.1 Å². The highest BCUT2D eigenvalue weighted by Crippen LogP contribution is 2.30. The van der Waals surface area contributed by atoms with E-state index < -0.39 is 10.0 Å². The number of nitrogens with zero attached hydrogens (tertiary/aromatic N) is 9. The van der Waals surface area contributed by atoms with E-state index in [2.05, 4.69) is 20.3 Å². The molecule has 1 fully saturated rings. The number of fused-ring (bicyclic) bond motifs is 3. The van der Waals surface area contributed by atoms with Crippen LogP contribution in [0.2, 0.25) is 0 Å². The van der Waals surface area contributed by atoms with Crippen LogP contribution in [0.5, 0.6) is 0 Å². The van der Waals surface area contributed by atoms with E-state index in [0.29, 0.717) is 36.8 Å². The van der Waals surface area contributed by atoms with Crippen LogP contribution in [-0.2, 0) is 23.6 Å². The van der Waals surface area contributed by atoms with Crippen molar-refractivity contribution in [3.63, 3.8) is 0 Å². The minimum Gasteiger partial charge on any atom is -0.271 e. The Morgan fingerprint density at radius 2 is 2.07 bits per heavy atom. The van der Waals surface area contributed by atoms with Crippen molar-refractivity contribution < 1.29 is 8.42 Å². The zero-order valence-electron chi connectivity index (χ0n) is 17.1. The number of aromatic nitrogens is 8. The Bertz CT molecular complexity index is 1350. The molecule has 0 N–H and O–H groups in total. The fourth-order valence-corrected chi connectivity index (χ4v) is 5.75. The number of hydrogen-bond acceptors (Lipinski definition) is 7. The minimum absolute atomic E-state index is 0.0818. The van der Waals surface area contributed by atoms with E-state index in [1.54, 1.807) is 39.5 Å². The molecule has 1 saturated heterocycles. The molecule has 11 nitrogen and oxygen atoms in total. The van der Waals surface area contributed by atoms with Gasteiger partial charge < -0.3 is 0 Å². The minimum atomic E-state index is -3.62. The topological polar surface area (TPSA) is 116 Å². The van der Waals surface area contributed by atoms with Gasteiger partial charge in [-0.2, -0.15) is 14.5 Å². The van der Waals surface area contributed by atoms with Crippen LogP contribution < -0.4 is 0 Å². The molecule has 0 spiro atoms. The third kappa shape index (κ3) is 2.89. The fraction of sp³-hybridized carbons (Fsp3) is 0.500. The summed E-state index contributed by atoms with van der Waals surface area (Å²) in [6.07, 6.45) is 6.54. The van der Waals surface area contributed by atoms with Crippen molar-refractivity contribution >= 4 is 26.7 Å². The summed E-state index contributed by atoms with van der Waals surface area (Å²) in [7, 11) is -1.79. The Labute approximate surface area is 173 Å². The number of hydrogen-bond donors (Lipinski definition) is 0. The van der Waals surface area contributed by atoms with E-state index in [-0.39, 0.29) is 10.8 Å². The first-order chi connectivity index (χ1) is 14.4. The molecule has 0 aliphatic carbocycles. The fourth-order valence-electron chi connectivity index (χ4n) is 4.05. The summed E-state index contributed by atoms with van der Waals surface area (Å²) in [5, 5.41) is 13.9. The van der Waals surface area contributed by atoms with Crippen LogP contribution in [0.15, 0.2) is 23.6 Å². The SMILES string of the molecule is CCn1cc(S(=O)(=O)N2CCC[C@@H](c3nc4c5cnn(C)c5ncn4n3)C2)c(C)n1. The maximum absolute atomic E-state index is 13.3. The van der Waals surface area contributed by atoms with Crippen LogP contribution in [-0.4, -0.2) is 65.0 Å². The molecule has 4 aromatic rings. The number of rotatable bonds is 4. The summed E-state index contributed by atoms with van der Waals surface area (Å²) < 4.78 is 33.1. The normalized spacial score (nSPS) is 18.6.